The minimum Gasteiger partial charge on any atom is -0.391 e. The fraction of sp³-hybridized carbons (Fsp3) is 0.222. The molecule has 0 amide bonds. The molecule has 2 N–H and O–H groups in total. The smallest absolute Gasteiger partial charge is 0.265 e. The van der Waals surface area contributed by atoms with Crippen molar-refractivity contribution in [1.29, 1.82) is 0 Å². The first-order chi connectivity index (χ1) is 11.2. The van der Waals surface area contributed by atoms with Gasteiger partial charge in [0.2, 0.25) is 0 Å². The lowest BCUT2D eigenvalue weighted by atomic mass is 10.2. The molecule has 0 saturated heterocycles. The predicted octanol–water partition coefficient (Wildman–Crippen LogP) is 3.27. The van der Waals surface area contributed by atoms with Crippen molar-refractivity contribution < 1.29 is 5.11 Å². The molecule has 5 heteroatoms. The summed E-state index contributed by atoms with van der Waals surface area (Å²) in [5, 5.41) is 12.7. The molecule has 0 spiro atoms. The van der Waals surface area contributed by atoms with Crippen molar-refractivity contribution in [3.05, 3.63) is 70.1 Å². The maximum Gasteiger partial charge on any atom is 0.265 e. The van der Waals surface area contributed by atoms with E-state index in [9.17, 15) is 9.90 Å². The van der Waals surface area contributed by atoms with Crippen LogP contribution in [0.3, 0.4) is 0 Å². The molecule has 1 aromatic carbocycles. The topological polar surface area (TPSA) is 66.6 Å². The van der Waals surface area contributed by atoms with Crippen LogP contribution in [0.1, 0.15) is 25.0 Å². The summed E-state index contributed by atoms with van der Waals surface area (Å²) in [6.07, 6.45) is 1.64. The van der Waals surface area contributed by atoms with Gasteiger partial charge in [-0.05, 0) is 30.7 Å². The van der Waals surface area contributed by atoms with Crippen LogP contribution in [0.15, 0.2) is 53.5 Å². The molecule has 0 saturated carbocycles. The third-order valence-corrected chi connectivity index (χ3v) is 3.38. The van der Waals surface area contributed by atoms with Crippen molar-refractivity contribution in [2.24, 2.45) is 0 Å². The number of rotatable bonds is 3. The first kappa shape index (κ1) is 16.7. The van der Waals surface area contributed by atoms with Gasteiger partial charge in [0.05, 0.1) is 12.2 Å². The second-order valence-electron chi connectivity index (χ2n) is 4.77. The number of anilines is 2. The first-order valence-corrected chi connectivity index (χ1v) is 7.64. The molecule has 23 heavy (non-hydrogen) atoms. The number of hydrogen-bond donors (Lipinski definition) is 2. The molecule has 0 unspecified atom stereocenters. The molecular formula is C18H21N3O2. The van der Waals surface area contributed by atoms with Crippen LogP contribution in [0.2, 0.25) is 0 Å². The quantitative estimate of drug-likeness (QED) is 0.779. The zero-order valence-corrected chi connectivity index (χ0v) is 13.6. The van der Waals surface area contributed by atoms with E-state index in [1.165, 1.54) is 4.40 Å². The Morgan fingerprint density at radius 1 is 1.13 bits per heavy atom. The Morgan fingerprint density at radius 3 is 2.52 bits per heavy atom. The van der Waals surface area contributed by atoms with Crippen LogP contribution in [0, 0.1) is 6.92 Å². The third kappa shape index (κ3) is 3.40. The minimum absolute atomic E-state index is 0.252. The second-order valence-corrected chi connectivity index (χ2v) is 4.77. The number of aliphatic hydroxyl groups is 1. The number of pyridine rings is 1. The average Bonchev–Trinajstić information content (AvgIpc) is 2.59. The Bertz CT molecular complexity index is 856. The maximum atomic E-state index is 12.4. The Hall–Kier alpha value is -2.66. The number of hydrogen-bond acceptors (Lipinski definition) is 4. The zero-order chi connectivity index (χ0) is 16.8. The van der Waals surface area contributed by atoms with Gasteiger partial charge in [0.15, 0.2) is 0 Å². The molecule has 3 aromatic rings. The van der Waals surface area contributed by atoms with Gasteiger partial charge in [-0.15, -0.1) is 0 Å². The van der Waals surface area contributed by atoms with Crippen LogP contribution in [-0.4, -0.2) is 14.5 Å². The number of para-hydroxylation sites is 1. The highest BCUT2D eigenvalue weighted by Gasteiger charge is 2.12. The van der Waals surface area contributed by atoms with Gasteiger partial charge in [-0.25, -0.2) is 4.98 Å². The Balaban J connectivity index is 0.000000924. The van der Waals surface area contributed by atoms with E-state index in [1.807, 2.05) is 51.1 Å². The summed E-state index contributed by atoms with van der Waals surface area (Å²) in [7, 11) is 0. The standard InChI is InChI=1S/C16H15N3O2.C2H6/c1-11-6-2-3-7-13(11)17-15-12(10-20)16(21)19-9-5-4-8-14(19)18-15;1-2/h2-9,17,20H,10H2,1H3;1-2H3. The van der Waals surface area contributed by atoms with Gasteiger partial charge < -0.3 is 10.4 Å². The van der Waals surface area contributed by atoms with E-state index >= 15 is 0 Å². The summed E-state index contributed by atoms with van der Waals surface area (Å²) < 4.78 is 1.43. The van der Waals surface area contributed by atoms with Crippen LogP contribution in [0.5, 0.6) is 0 Å². The van der Waals surface area contributed by atoms with Gasteiger partial charge in [-0.1, -0.05) is 38.1 Å². The van der Waals surface area contributed by atoms with Crippen LogP contribution in [0.4, 0.5) is 11.5 Å². The highest BCUT2D eigenvalue weighted by Crippen LogP contribution is 2.20. The first-order valence-electron chi connectivity index (χ1n) is 7.64. The number of nitrogens with zero attached hydrogens (tertiary/aromatic N) is 2. The lowest BCUT2D eigenvalue weighted by molar-refractivity contribution is 0.280. The molecule has 0 fully saturated rings. The van der Waals surface area contributed by atoms with E-state index in [2.05, 4.69) is 10.3 Å². The fourth-order valence-corrected chi connectivity index (χ4v) is 2.21. The second kappa shape index (κ2) is 7.56. The molecule has 0 aliphatic rings. The van der Waals surface area contributed by atoms with Crippen molar-refractivity contribution in [3.63, 3.8) is 0 Å². The monoisotopic (exact) mass is 311 g/mol. The van der Waals surface area contributed by atoms with E-state index in [-0.39, 0.29) is 17.7 Å². The zero-order valence-electron chi connectivity index (χ0n) is 13.6. The highest BCUT2D eigenvalue weighted by molar-refractivity contribution is 5.64. The minimum atomic E-state index is -0.363. The summed E-state index contributed by atoms with van der Waals surface area (Å²) in [4.78, 5) is 16.8. The summed E-state index contributed by atoms with van der Waals surface area (Å²) in [5.41, 5.74) is 2.42. The average molecular weight is 311 g/mol. The van der Waals surface area contributed by atoms with Crippen molar-refractivity contribution in [1.82, 2.24) is 9.38 Å². The highest BCUT2D eigenvalue weighted by atomic mass is 16.3. The summed E-state index contributed by atoms with van der Waals surface area (Å²) in [6, 6.07) is 13.0. The third-order valence-electron chi connectivity index (χ3n) is 3.38. The van der Waals surface area contributed by atoms with E-state index in [0.717, 1.165) is 11.3 Å². The van der Waals surface area contributed by atoms with Crippen LogP contribution >= 0.6 is 0 Å². The molecule has 0 aliphatic heterocycles. The molecule has 0 aliphatic carbocycles. The number of aryl methyl sites for hydroxylation is 1. The molecule has 3 rings (SSSR count). The molecule has 0 radical (unpaired) electrons. The normalized spacial score (nSPS) is 10.1. The summed E-state index contributed by atoms with van der Waals surface area (Å²) in [6.45, 7) is 5.60. The maximum absolute atomic E-state index is 12.4. The molecule has 5 nitrogen and oxygen atoms in total. The molecule has 120 valence electrons. The van der Waals surface area contributed by atoms with Gasteiger partial charge >= 0.3 is 0 Å². The molecule has 2 heterocycles. The lowest BCUT2D eigenvalue weighted by Gasteiger charge is -2.12. The van der Waals surface area contributed by atoms with Gasteiger partial charge in [-0.3, -0.25) is 9.20 Å². The summed E-state index contributed by atoms with van der Waals surface area (Å²) >= 11 is 0. The van der Waals surface area contributed by atoms with Gasteiger partial charge in [0.1, 0.15) is 11.5 Å². The van der Waals surface area contributed by atoms with Gasteiger partial charge in [0, 0.05) is 11.9 Å². The Kier molecular flexibility index (Phi) is 5.49. The number of nitrogens with one attached hydrogen (secondary N) is 1. The van der Waals surface area contributed by atoms with Crippen LogP contribution in [-0.2, 0) is 6.61 Å². The molecule has 0 bridgehead atoms. The van der Waals surface area contributed by atoms with E-state index in [4.69, 9.17) is 0 Å². The fourth-order valence-electron chi connectivity index (χ4n) is 2.21. The SMILES string of the molecule is CC.Cc1ccccc1Nc1nc2ccccn2c(=O)c1CO. The Morgan fingerprint density at radius 2 is 1.83 bits per heavy atom. The van der Waals surface area contributed by atoms with Crippen molar-refractivity contribution in [2.75, 3.05) is 5.32 Å². The largest absolute Gasteiger partial charge is 0.391 e. The van der Waals surface area contributed by atoms with Crippen molar-refractivity contribution >= 4 is 17.2 Å². The van der Waals surface area contributed by atoms with E-state index in [1.54, 1.807) is 18.3 Å². The number of aromatic nitrogens is 2. The predicted molar refractivity (Wildman–Crippen MR) is 93.2 cm³/mol. The summed E-state index contributed by atoms with van der Waals surface area (Å²) in [5.74, 6) is 0.392. The van der Waals surface area contributed by atoms with Gasteiger partial charge in [0.25, 0.3) is 5.56 Å². The van der Waals surface area contributed by atoms with Crippen LogP contribution in [0.25, 0.3) is 5.65 Å². The van der Waals surface area contributed by atoms with Crippen LogP contribution < -0.4 is 10.9 Å². The number of benzene rings is 1. The molecule has 2 aromatic heterocycles. The van der Waals surface area contributed by atoms with E-state index < -0.39 is 0 Å². The number of aliphatic hydroxyl groups excluding tert-OH is 1. The lowest BCUT2D eigenvalue weighted by Crippen LogP contribution is -2.21. The molecular weight excluding hydrogens is 290 g/mol. The van der Waals surface area contributed by atoms with Crippen molar-refractivity contribution in [3.8, 4) is 0 Å². The number of fused-ring (bicyclic) bond motifs is 1. The molecule has 0 atom stereocenters. The van der Waals surface area contributed by atoms with E-state index in [0.29, 0.717) is 11.5 Å². The van der Waals surface area contributed by atoms with Gasteiger partial charge in [-0.2, -0.15) is 0 Å². The van der Waals surface area contributed by atoms with Crippen molar-refractivity contribution in [2.45, 2.75) is 27.4 Å². The Labute approximate surface area is 135 Å².